The Morgan fingerprint density at radius 3 is 3.36 bits per heavy atom. The van der Waals surface area contributed by atoms with Crippen molar-refractivity contribution in [2.45, 2.75) is 19.8 Å². The van der Waals surface area contributed by atoms with E-state index in [1.54, 1.807) is 4.68 Å². The summed E-state index contributed by atoms with van der Waals surface area (Å²) in [6.45, 7) is 4.00. The summed E-state index contributed by atoms with van der Waals surface area (Å²) >= 11 is 0. The standard InChI is InChI=1S/C10H17N3O/c1-3-4-8-5-11-9-6-12-13(2)10(9)14-7-8/h6,8,11H,3-5,7H2,1-2H3. The maximum atomic E-state index is 5.72. The fourth-order valence-corrected chi connectivity index (χ4v) is 1.82. The van der Waals surface area contributed by atoms with Gasteiger partial charge >= 0.3 is 0 Å². The zero-order chi connectivity index (χ0) is 9.97. The lowest BCUT2D eigenvalue weighted by Gasteiger charge is -2.12. The van der Waals surface area contributed by atoms with Crippen LogP contribution in [0.3, 0.4) is 0 Å². The molecule has 0 amide bonds. The topological polar surface area (TPSA) is 39.1 Å². The van der Waals surface area contributed by atoms with Crippen LogP contribution in [0.25, 0.3) is 0 Å². The Hall–Kier alpha value is -1.19. The van der Waals surface area contributed by atoms with Crippen molar-refractivity contribution in [1.82, 2.24) is 9.78 Å². The Labute approximate surface area is 84.3 Å². The summed E-state index contributed by atoms with van der Waals surface area (Å²) in [4.78, 5) is 0. The minimum Gasteiger partial charge on any atom is -0.476 e. The van der Waals surface area contributed by atoms with Crippen molar-refractivity contribution in [3.8, 4) is 5.88 Å². The van der Waals surface area contributed by atoms with Gasteiger partial charge in [0.2, 0.25) is 5.88 Å². The highest BCUT2D eigenvalue weighted by molar-refractivity contribution is 5.52. The van der Waals surface area contributed by atoms with E-state index in [2.05, 4.69) is 17.3 Å². The van der Waals surface area contributed by atoms with Gasteiger partial charge in [-0.15, -0.1) is 0 Å². The summed E-state index contributed by atoms with van der Waals surface area (Å²) in [5, 5.41) is 7.51. The fourth-order valence-electron chi connectivity index (χ4n) is 1.82. The van der Waals surface area contributed by atoms with Gasteiger partial charge < -0.3 is 10.1 Å². The number of fused-ring (bicyclic) bond motifs is 1. The van der Waals surface area contributed by atoms with Crippen LogP contribution in [0, 0.1) is 5.92 Å². The highest BCUT2D eigenvalue weighted by Crippen LogP contribution is 2.27. The van der Waals surface area contributed by atoms with Crippen LogP contribution in [-0.2, 0) is 7.05 Å². The molecule has 1 aromatic heterocycles. The molecule has 0 aliphatic carbocycles. The van der Waals surface area contributed by atoms with E-state index >= 15 is 0 Å². The molecule has 0 radical (unpaired) electrons. The quantitative estimate of drug-likeness (QED) is 0.779. The maximum Gasteiger partial charge on any atom is 0.235 e. The van der Waals surface area contributed by atoms with Gasteiger partial charge in [0.05, 0.1) is 12.8 Å². The van der Waals surface area contributed by atoms with E-state index in [4.69, 9.17) is 4.74 Å². The van der Waals surface area contributed by atoms with Crippen LogP contribution < -0.4 is 10.1 Å². The molecule has 2 rings (SSSR count). The van der Waals surface area contributed by atoms with Crippen LogP contribution >= 0.6 is 0 Å². The third kappa shape index (κ3) is 1.69. The van der Waals surface area contributed by atoms with Crippen LogP contribution in [0.5, 0.6) is 5.88 Å². The summed E-state index contributed by atoms with van der Waals surface area (Å²) < 4.78 is 7.50. The SMILES string of the molecule is CCCC1CNc2cnn(C)c2OC1. The monoisotopic (exact) mass is 195 g/mol. The number of aryl methyl sites for hydroxylation is 1. The molecule has 0 fully saturated rings. The molecule has 1 aliphatic heterocycles. The lowest BCUT2D eigenvalue weighted by molar-refractivity contribution is 0.237. The molecule has 0 bridgehead atoms. The molecule has 0 saturated heterocycles. The van der Waals surface area contributed by atoms with Crippen molar-refractivity contribution >= 4 is 5.69 Å². The first-order valence-corrected chi connectivity index (χ1v) is 5.20. The minimum atomic E-state index is 0.618. The van der Waals surface area contributed by atoms with E-state index < -0.39 is 0 Å². The van der Waals surface area contributed by atoms with Gasteiger partial charge in [-0.2, -0.15) is 5.10 Å². The summed E-state index contributed by atoms with van der Waals surface area (Å²) in [6, 6.07) is 0. The molecular formula is C10H17N3O. The highest BCUT2D eigenvalue weighted by Gasteiger charge is 2.18. The Morgan fingerprint density at radius 2 is 2.57 bits per heavy atom. The number of nitrogens with zero attached hydrogens (tertiary/aromatic N) is 2. The fraction of sp³-hybridized carbons (Fsp3) is 0.700. The summed E-state index contributed by atoms with van der Waals surface area (Å²) in [6.07, 6.45) is 4.25. The smallest absolute Gasteiger partial charge is 0.235 e. The van der Waals surface area contributed by atoms with Crippen molar-refractivity contribution in [3.63, 3.8) is 0 Å². The molecule has 0 aromatic carbocycles. The molecule has 0 saturated carbocycles. The molecule has 1 unspecified atom stereocenters. The number of rotatable bonds is 2. The molecule has 78 valence electrons. The second-order valence-electron chi connectivity index (χ2n) is 3.83. The molecule has 0 spiro atoms. The van der Waals surface area contributed by atoms with Gasteiger partial charge in [0.15, 0.2) is 0 Å². The van der Waals surface area contributed by atoms with Crippen LogP contribution in [0.4, 0.5) is 5.69 Å². The molecule has 4 nitrogen and oxygen atoms in total. The van der Waals surface area contributed by atoms with E-state index in [0.717, 1.165) is 24.7 Å². The lowest BCUT2D eigenvalue weighted by atomic mass is 10.1. The largest absolute Gasteiger partial charge is 0.476 e. The number of anilines is 1. The van der Waals surface area contributed by atoms with Gasteiger partial charge in [-0.05, 0) is 6.42 Å². The number of hydrogen-bond donors (Lipinski definition) is 1. The van der Waals surface area contributed by atoms with Gasteiger partial charge in [0.1, 0.15) is 5.69 Å². The zero-order valence-electron chi connectivity index (χ0n) is 8.79. The normalized spacial score (nSPS) is 20.6. The molecule has 1 aromatic rings. The predicted molar refractivity (Wildman–Crippen MR) is 55.6 cm³/mol. The van der Waals surface area contributed by atoms with Crippen molar-refractivity contribution in [3.05, 3.63) is 6.20 Å². The molecular weight excluding hydrogens is 178 g/mol. The highest BCUT2D eigenvalue weighted by atomic mass is 16.5. The molecule has 1 N–H and O–H groups in total. The van der Waals surface area contributed by atoms with Gasteiger partial charge in [-0.1, -0.05) is 13.3 Å². The zero-order valence-corrected chi connectivity index (χ0v) is 8.79. The van der Waals surface area contributed by atoms with Gasteiger partial charge in [0.25, 0.3) is 0 Å². The van der Waals surface area contributed by atoms with Crippen molar-refractivity contribution < 1.29 is 4.74 Å². The average molecular weight is 195 g/mol. The summed E-state index contributed by atoms with van der Waals surface area (Å²) in [7, 11) is 1.90. The van der Waals surface area contributed by atoms with Crippen molar-refractivity contribution in [2.75, 3.05) is 18.5 Å². The summed E-state index contributed by atoms with van der Waals surface area (Å²) in [5.41, 5.74) is 1.02. The first kappa shape index (κ1) is 9.37. The van der Waals surface area contributed by atoms with Gasteiger partial charge in [-0.25, -0.2) is 4.68 Å². The third-order valence-electron chi connectivity index (χ3n) is 2.62. The molecule has 2 heterocycles. The van der Waals surface area contributed by atoms with Crippen molar-refractivity contribution in [1.29, 1.82) is 0 Å². The Bertz CT molecular complexity index is 308. The minimum absolute atomic E-state index is 0.618. The second kappa shape index (κ2) is 3.90. The number of ether oxygens (including phenoxy) is 1. The molecule has 4 heteroatoms. The second-order valence-corrected chi connectivity index (χ2v) is 3.83. The van der Waals surface area contributed by atoms with Crippen LogP contribution in [0.15, 0.2) is 6.20 Å². The average Bonchev–Trinajstić information content (AvgIpc) is 2.42. The van der Waals surface area contributed by atoms with E-state index in [1.807, 2.05) is 13.2 Å². The number of aromatic nitrogens is 2. The van der Waals surface area contributed by atoms with Gasteiger partial charge in [0, 0.05) is 19.5 Å². The lowest BCUT2D eigenvalue weighted by Crippen LogP contribution is -2.18. The molecule has 1 aliphatic rings. The van der Waals surface area contributed by atoms with E-state index in [1.165, 1.54) is 12.8 Å². The van der Waals surface area contributed by atoms with E-state index in [-0.39, 0.29) is 0 Å². The Balaban J connectivity index is 2.07. The predicted octanol–water partition coefficient (Wildman–Crippen LogP) is 1.64. The van der Waals surface area contributed by atoms with Crippen LogP contribution in [0.2, 0.25) is 0 Å². The van der Waals surface area contributed by atoms with E-state index in [0.29, 0.717) is 5.92 Å². The van der Waals surface area contributed by atoms with E-state index in [9.17, 15) is 0 Å². The number of hydrogen-bond acceptors (Lipinski definition) is 3. The van der Waals surface area contributed by atoms with Crippen molar-refractivity contribution in [2.24, 2.45) is 13.0 Å². The third-order valence-corrected chi connectivity index (χ3v) is 2.62. The molecule has 14 heavy (non-hydrogen) atoms. The Morgan fingerprint density at radius 1 is 1.71 bits per heavy atom. The molecule has 1 atom stereocenters. The Kier molecular flexibility index (Phi) is 2.61. The van der Waals surface area contributed by atoms with Crippen LogP contribution in [-0.4, -0.2) is 22.9 Å². The first-order valence-electron chi connectivity index (χ1n) is 5.20. The first-order chi connectivity index (χ1) is 6.81. The number of nitrogens with one attached hydrogen (secondary N) is 1. The van der Waals surface area contributed by atoms with Crippen LogP contribution in [0.1, 0.15) is 19.8 Å². The van der Waals surface area contributed by atoms with Gasteiger partial charge in [-0.3, -0.25) is 0 Å². The summed E-state index contributed by atoms with van der Waals surface area (Å²) in [5.74, 6) is 1.48. The maximum absolute atomic E-state index is 5.72.